The average molecular weight is 214 g/mol. The molecular formula is C6H9F3N2O3. The average Bonchev–Trinajstić information content (AvgIpc) is 2.14. The van der Waals surface area contributed by atoms with Crippen molar-refractivity contribution in [2.75, 3.05) is 26.3 Å². The third kappa shape index (κ3) is 3.48. The molecule has 82 valence electrons. The van der Waals surface area contributed by atoms with Gasteiger partial charge in [0.25, 0.3) is 0 Å². The zero-order valence-electron chi connectivity index (χ0n) is 7.13. The van der Waals surface area contributed by atoms with E-state index in [9.17, 15) is 18.0 Å². The molecule has 0 aromatic carbocycles. The van der Waals surface area contributed by atoms with Gasteiger partial charge in [0.05, 0.1) is 13.2 Å². The molecule has 1 saturated heterocycles. The summed E-state index contributed by atoms with van der Waals surface area (Å²) in [4.78, 5) is 14.0. The number of carbonyl (C=O) groups is 1. The minimum Gasteiger partial charge on any atom is -0.379 e. The molecule has 0 aromatic heterocycles. The second-order valence-electron chi connectivity index (χ2n) is 2.58. The fourth-order valence-electron chi connectivity index (χ4n) is 0.819. The highest BCUT2D eigenvalue weighted by Gasteiger charge is 2.41. The van der Waals surface area contributed by atoms with Gasteiger partial charge in [0, 0.05) is 13.1 Å². The molecule has 1 aliphatic rings. The van der Waals surface area contributed by atoms with E-state index >= 15 is 0 Å². The van der Waals surface area contributed by atoms with Crippen molar-refractivity contribution in [3.8, 4) is 0 Å². The normalized spacial score (nSPS) is 19.4. The van der Waals surface area contributed by atoms with Gasteiger partial charge < -0.3 is 9.57 Å². The van der Waals surface area contributed by atoms with E-state index in [0.717, 1.165) is 0 Å². The SMILES string of the molecule is O=C(ONN1CCOCC1)C(F)(F)F. The van der Waals surface area contributed by atoms with Crippen LogP contribution in [0.3, 0.4) is 0 Å². The smallest absolute Gasteiger partial charge is 0.379 e. The number of ether oxygens (including phenoxy) is 1. The van der Waals surface area contributed by atoms with Gasteiger partial charge in [-0.05, 0) is 0 Å². The number of nitrogens with zero attached hydrogens (tertiary/aromatic N) is 1. The van der Waals surface area contributed by atoms with Gasteiger partial charge in [-0.1, -0.05) is 5.59 Å². The molecule has 0 amide bonds. The van der Waals surface area contributed by atoms with Crippen LogP contribution >= 0.6 is 0 Å². The molecule has 14 heavy (non-hydrogen) atoms. The molecule has 0 spiro atoms. The number of morpholine rings is 1. The van der Waals surface area contributed by atoms with Crippen molar-refractivity contribution in [3.63, 3.8) is 0 Å². The molecule has 1 N–H and O–H groups in total. The summed E-state index contributed by atoms with van der Waals surface area (Å²) in [6.07, 6.45) is -4.97. The molecule has 0 aliphatic carbocycles. The summed E-state index contributed by atoms with van der Waals surface area (Å²) in [6, 6.07) is 0. The highest BCUT2D eigenvalue weighted by atomic mass is 19.4. The number of rotatable bonds is 2. The van der Waals surface area contributed by atoms with Crippen molar-refractivity contribution in [1.29, 1.82) is 0 Å². The molecule has 0 radical (unpaired) electrons. The van der Waals surface area contributed by atoms with Crippen molar-refractivity contribution in [3.05, 3.63) is 0 Å². The Kier molecular flexibility index (Phi) is 3.67. The van der Waals surface area contributed by atoms with E-state index in [0.29, 0.717) is 26.3 Å². The van der Waals surface area contributed by atoms with Crippen LogP contribution in [-0.2, 0) is 14.4 Å². The highest BCUT2D eigenvalue weighted by Crippen LogP contribution is 2.15. The lowest BCUT2D eigenvalue weighted by atomic mass is 10.5. The molecule has 1 rings (SSSR count). The van der Waals surface area contributed by atoms with E-state index in [1.165, 1.54) is 5.01 Å². The molecule has 5 nitrogen and oxygen atoms in total. The first-order chi connectivity index (χ1) is 6.50. The molecule has 8 heteroatoms. The van der Waals surface area contributed by atoms with Crippen LogP contribution in [0.4, 0.5) is 13.2 Å². The van der Waals surface area contributed by atoms with Gasteiger partial charge in [-0.2, -0.15) is 13.2 Å². The lowest BCUT2D eigenvalue weighted by Crippen LogP contribution is -2.47. The van der Waals surface area contributed by atoms with Gasteiger partial charge in [0.2, 0.25) is 0 Å². The quantitative estimate of drug-likeness (QED) is 0.647. The number of alkyl halides is 3. The maximum Gasteiger partial charge on any atom is 0.492 e. The van der Waals surface area contributed by atoms with Crippen molar-refractivity contribution in [2.45, 2.75) is 6.18 Å². The number of carbonyl (C=O) groups excluding carboxylic acids is 1. The number of hydrogen-bond acceptors (Lipinski definition) is 5. The second kappa shape index (κ2) is 4.58. The fourth-order valence-corrected chi connectivity index (χ4v) is 0.819. The Morgan fingerprint density at radius 1 is 1.36 bits per heavy atom. The minimum atomic E-state index is -4.97. The van der Waals surface area contributed by atoms with Gasteiger partial charge >= 0.3 is 12.1 Å². The zero-order valence-corrected chi connectivity index (χ0v) is 7.13. The van der Waals surface area contributed by atoms with Gasteiger partial charge in [0.15, 0.2) is 0 Å². The molecule has 1 fully saturated rings. The summed E-state index contributed by atoms with van der Waals surface area (Å²) < 4.78 is 39.9. The standard InChI is InChI=1S/C6H9F3N2O3/c7-6(8,9)5(12)14-10-11-1-3-13-4-2-11/h10H,1-4H2. The molecule has 0 unspecified atom stereocenters. The Labute approximate surface area is 77.7 Å². The van der Waals surface area contributed by atoms with Crippen molar-refractivity contribution in [2.24, 2.45) is 0 Å². The second-order valence-corrected chi connectivity index (χ2v) is 2.58. The molecule has 0 saturated carbocycles. The lowest BCUT2D eigenvalue weighted by Gasteiger charge is -2.25. The van der Waals surface area contributed by atoms with E-state index in [1.807, 2.05) is 5.59 Å². The summed E-state index contributed by atoms with van der Waals surface area (Å²) in [5.74, 6) is -2.26. The molecular weight excluding hydrogens is 205 g/mol. The van der Waals surface area contributed by atoms with E-state index in [1.54, 1.807) is 0 Å². The number of hydrogen-bond donors (Lipinski definition) is 1. The van der Waals surface area contributed by atoms with E-state index in [4.69, 9.17) is 4.74 Å². The maximum absolute atomic E-state index is 11.6. The lowest BCUT2D eigenvalue weighted by molar-refractivity contribution is -0.220. The first-order valence-electron chi connectivity index (χ1n) is 3.86. The van der Waals surface area contributed by atoms with Crippen LogP contribution < -0.4 is 5.59 Å². The Morgan fingerprint density at radius 2 is 1.93 bits per heavy atom. The maximum atomic E-state index is 11.6. The topological polar surface area (TPSA) is 50.8 Å². The third-order valence-electron chi connectivity index (χ3n) is 1.51. The largest absolute Gasteiger partial charge is 0.492 e. The van der Waals surface area contributed by atoms with Crippen molar-refractivity contribution < 1.29 is 27.5 Å². The number of nitrogens with one attached hydrogen (secondary N) is 1. The Hall–Kier alpha value is -0.860. The molecule has 1 aliphatic heterocycles. The predicted octanol–water partition coefficient (Wildman–Crippen LogP) is -0.156. The van der Waals surface area contributed by atoms with Crippen LogP contribution in [0.5, 0.6) is 0 Å². The number of halogens is 3. The van der Waals surface area contributed by atoms with E-state index < -0.39 is 12.1 Å². The monoisotopic (exact) mass is 214 g/mol. The summed E-state index contributed by atoms with van der Waals surface area (Å²) in [7, 11) is 0. The van der Waals surface area contributed by atoms with Crippen LogP contribution in [0.15, 0.2) is 0 Å². The number of hydrazine groups is 1. The van der Waals surface area contributed by atoms with Crippen LogP contribution in [0.1, 0.15) is 0 Å². The minimum absolute atomic E-state index is 0.366. The summed E-state index contributed by atoms with van der Waals surface area (Å²) >= 11 is 0. The summed E-state index contributed by atoms with van der Waals surface area (Å²) in [5, 5.41) is 1.33. The van der Waals surface area contributed by atoms with Crippen molar-refractivity contribution >= 4 is 5.97 Å². The van der Waals surface area contributed by atoms with Gasteiger partial charge in [-0.25, -0.2) is 9.80 Å². The fraction of sp³-hybridized carbons (Fsp3) is 0.833. The predicted molar refractivity (Wildman–Crippen MR) is 37.7 cm³/mol. The third-order valence-corrected chi connectivity index (χ3v) is 1.51. The van der Waals surface area contributed by atoms with E-state index in [-0.39, 0.29) is 0 Å². The van der Waals surface area contributed by atoms with Crippen LogP contribution in [0.2, 0.25) is 0 Å². The van der Waals surface area contributed by atoms with Gasteiger partial charge in [-0.15, -0.1) is 0 Å². The van der Waals surface area contributed by atoms with Crippen molar-refractivity contribution in [1.82, 2.24) is 10.6 Å². The highest BCUT2D eigenvalue weighted by molar-refractivity contribution is 5.75. The summed E-state index contributed by atoms with van der Waals surface area (Å²) in [5.41, 5.74) is 1.91. The zero-order chi connectivity index (χ0) is 10.6. The Balaban J connectivity index is 2.22. The Morgan fingerprint density at radius 3 is 2.43 bits per heavy atom. The van der Waals surface area contributed by atoms with E-state index in [2.05, 4.69) is 4.84 Å². The van der Waals surface area contributed by atoms with Crippen LogP contribution in [0.25, 0.3) is 0 Å². The van der Waals surface area contributed by atoms with Crippen LogP contribution in [-0.4, -0.2) is 43.5 Å². The molecule has 1 heterocycles. The molecule has 0 atom stereocenters. The molecule has 0 aromatic rings. The first kappa shape index (κ1) is 11.2. The van der Waals surface area contributed by atoms with Crippen LogP contribution in [0, 0.1) is 0 Å². The Bertz CT molecular complexity index is 203. The molecule has 0 bridgehead atoms. The summed E-state index contributed by atoms with van der Waals surface area (Å²) in [6.45, 7) is 1.50. The first-order valence-corrected chi connectivity index (χ1v) is 3.86. The van der Waals surface area contributed by atoms with Gasteiger partial charge in [-0.3, -0.25) is 0 Å². The van der Waals surface area contributed by atoms with Gasteiger partial charge in [0.1, 0.15) is 0 Å².